The van der Waals surface area contributed by atoms with E-state index < -0.39 is 5.60 Å². The maximum Gasteiger partial charge on any atom is 0.158 e. The van der Waals surface area contributed by atoms with Gasteiger partial charge in [0.05, 0.1) is 0 Å². The van der Waals surface area contributed by atoms with Gasteiger partial charge in [-0.1, -0.05) is 42.0 Å². The Kier molecular flexibility index (Phi) is 3.27. The van der Waals surface area contributed by atoms with Gasteiger partial charge in [-0.15, -0.1) is 22.7 Å². The number of rotatable bonds is 3. The average Bonchev–Trinajstić information content (AvgIpc) is 3.12. The second-order valence-electron chi connectivity index (χ2n) is 4.53. The van der Waals surface area contributed by atoms with Crippen molar-refractivity contribution in [2.45, 2.75) is 12.5 Å². The van der Waals surface area contributed by atoms with Crippen LogP contribution in [0, 0.1) is 6.92 Å². The first kappa shape index (κ1) is 12.6. The summed E-state index contributed by atoms with van der Waals surface area (Å²) in [5.74, 6) is 0. The zero-order valence-corrected chi connectivity index (χ0v) is 12.2. The predicted molar refractivity (Wildman–Crippen MR) is 81.9 cm³/mol. The highest BCUT2D eigenvalue weighted by atomic mass is 32.1. The molecule has 0 saturated carbocycles. The fourth-order valence-electron chi connectivity index (χ4n) is 2.17. The molecule has 0 amide bonds. The summed E-state index contributed by atoms with van der Waals surface area (Å²) in [6, 6.07) is 16.0. The van der Waals surface area contributed by atoms with Crippen molar-refractivity contribution in [1.82, 2.24) is 0 Å². The van der Waals surface area contributed by atoms with Gasteiger partial charge < -0.3 is 5.11 Å². The van der Waals surface area contributed by atoms with Crippen LogP contribution < -0.4 is 0 Å². The van der Waals surface area contributed by atoms with E-state index in [0.29, 0.717) is 0 Å². The molecule has 0 unspecified atom stereocenters. The molecule has 1 nitrogen and oxygen atoms in total. The third-order valence-corrected chi connectivity index (χ3v) is 5.18. The third-order valence-electron chi connectivity index (χ3n) is 3.22. The van der Waals surface area contributed by atoms with Gasteiger partial charge in [-0.3, -0.25) is 0 Å². The van der Waals surface area contributed by atoms with Gasteiger partial charge in [-0.05, 0) is 35.4 Å². The molecular formula is C16H14OS2. The Hall–Kier alpha value is -1.42. The number of hydrogen-bond acceptors (Lipinski definition) is 3. The lowest BCUT2D eigenvalue weighted by molar-refractivity contribution is 0.133. The highest BCUT2D eigenvalue weighted by molar-refractivity contribution is 7.11. The van der Waals surface area contributed by atoms with Crippen molar-refractivity contribution in [2.24, 2.45) is 0 Å². The first-order chi connectivity index (χ1) is 9.21. The molecule has 0 radical (unpaired) electrons. The highest BCUT2D eigenvalue weighted by Gasteiger charge is 2.35. The fourth-order valence-corrected chi connectivity index (χ4v) is 3.95. The number of hydrogen-bond donors (Lipinski definition) is 1. The summed E-state index contributed by atoms with van der Waals surface area (Å²) in [5.41, 5.74) is 1.09. The van der Waals surface area contributed by atoms with E-state index in [9.17, 15) is 5.11 Å². The first-order valence-electron chi connectivity index (χ1n) is 6.09. The van der Waals surface area contributed by atoms with Gasteiger partial charge in [0.2, 0.25) is 0 Å². The minimum absolute atomic E-state index is 0.919. The van der Waals surface area contributed by atoms with E-state index in [0.717, 1.165) is 15.3 Å². The second-order valence-corrected chi connectivity index (χ2v) is 6.43. The summed E-state index contributed by atoms with van der Waals surface area (Å²) in [6.45, 7) is 2.05. The van der Waals surface area contributed by atoms with Gasteiger partial charge in [0.25, 0.3) is 0 Å². The molecular weight excluding hydrogens is 272 g/mol. The van der Waals surface area contributed by atoms with Crippen LogP contribution >= 0.6 is 22.7 Å². The molecule has 2 heterocycles. The summed E-state index contributed by atoms with van der Waals surface area (Å²) in [4.78, 5) is 1.91. The Labute approximate surface area is 120 Å². The summed E-state index contributed by atoms with van der Waals surface area (Å²) in [7, 11) is 0. The second kappa shape index (κ2) is 4.93. The van der Waals surface area contributed by atoms with Crippen molar-refractivity contribution in [2.75, 3.05) is 0 Å². The van der Waals surface area contributed by atoms with Gasteiger partial charge in [-0.2, -0.15) is 0 Å². The molecule has 0 atom stereocenters. The van der Waals surface area contributed by atoms with Crippen LogP contribution in [-0.2, 0) is 5.60 Å². The molecule has 19 heavy (non-hydrogen) atoms. The number of aliphatic hydroxyl groups is 1. The molecule has 0 spiro atoms. The molecule has 3 heteroatoms. The van der Waals surface area contributed by atoms with E-state index in [1.54, 1.807) is 22.7 Å². The zero-order valence-electron chi connectivity index (χ0n) is 10.5. The summed E-state index contributed by atoms with van der Waals surface area (Å²) in [6.07, 6.45) is 0. The van der Waals surface area contributed by atoms with Crippen LogP contribution in [0.4, 0.5) is 0 Å². The molecule has 0 saturated heterocycles. The maximum absolute atomic E-state index is 11.3. The van der Waals surface area contributed by atoms with E-state index in [2.05, 4.69) is 6.92 Å². The number of thiophene rings is 2. The van der Waals surface area contributed by atoms with Gasteiger partial charge in [0.15, 0.2) is 5.60 Å². The van der Waals surface area contributed by atoms with Crippen LogP contribution in [0.3, 0.4) is 0 Å². The quantitative estimate of drug-likeness (QED) is 0.756. The van der Waals surface area contributed by atoms with Crippen molar-refractivity contribution in [3.8, 4) is 0 Å². The van der Waals surface area contributed by atoms with Crippen LogP contribution in [0.15, 0.2) is 59.3 Å². The molecule has 0 aliphatic heterocycles. The standard InChI is InChI=1S/C16H14OS2/c1-12-6-8-13(9-7-12)16(17,14-4-2-10-18-14)15-5-3-11-19-15/h2-11,17H,1H3. The van der Waals surface area contributed by atoms with Crippen molar-refractivity contribution in [3.63, 3.8) is 0 Å². The number of benzene rings is 1. The molecule has 1 N–H and O–H groups in total. The van der Waals surface area contributed by atoms with Crippen LogP contribution in [0.5, 0.6) is 0 Å². The van der Waals surface area contributed by atoms with Gasteiger partial charge in [0, 0.05) is 9.75 Å². The molecule has 2 aromatic heterocycles. The lowest BCUT2D eigenvalue weighted by atomic mass is 9.90. The van der Waals surface area contributed by atoms with Crippen molar-refractivity contribution >= 4 is 22.7 Å². The van der Waals surface area contributed by atoms with E-state index in [1.165, 1.54) is 5.56 Å². The predicted octanol–water partition coefficient (Wildman–Crippen LogP) is 4.40. The van der Waals surface area contributed by atoms with Crippen molar-refractivity contribution in [1.29, 1.82) is 0 Å². The molecule has 3 aromatic rings. The Morgan fingerprint density at radius 3 is 1.79 bits per heavy atom. The monoisotopic (exact) mass is 286 g/mol. The van der Waals surface area contributed by atoms with Crippen LogP contribution in [0.1, 0.15) is 20.9 Å². The molecule has 96 valence electrons. The smallest absolute Gasteiger partial charge is 0.158 e. The Morgan fingerprint density at radius 2 is 1.37 bits per heavy atom. The minimum atomic E-state index is -1.03. The normalized spacial score (nSPS) is 11.7. The highest BCUT2D eigenvalue weighted by Crippen LogP contribution is 2.40. The van der Waals surface area contributed by atoms with E-state index >= 15 is 0 Å². The van der Waals surface area contributed by atoms with E-state index in [1.807, 2.05) is 59.3 Å². The summed E-state index contributed by atoms with van der Waals surface area (Å²) >= 11 is 3.17. The van der Waals surface area contributed by atoms with Crippen LogP contribution in [0.25, 0.3) is 0 Å². The van der Waals surface area contributed by atoms with Gasteiger partial charge in [-0.25, -0.2) is 0 Å². The number of aryl methyl sites for hydroxylation is 1. The minimum Gasteiger partial charge on any atom is -0.374 e. The van der Waals surface area contributed by atoms with Gasteiger partial charge in [0.1, 0.15) is 0 Å². The third kappa shape index (κ3) is 2.14. The van der Waals surface area contributed by atoms with E-state index in [-0.39, 0.29) is 0 Å². The molecule has 1 aromatic carbocycles. The lowest BCUT2D eigenvalue weighted by Gasteiger charge is -2.26. The molecule has 0 bridgehead atoms. The summed E-state index contributed by atoms with van der Waals surface area (Å²) < 4.78 is 0. The average molecular weight is 286 g/mol. The van der Waals surface area contributed by atoms with Crippen LogP contribution in [-0.4, -0.2) is 5.11 Å². The summed E-state index contributed by atoms with van der Waals surface area (Å²) in [5, 5.41) is 15.3. The van der Waals surface area contributed by atoms with Crippen molar-refractivity contribution < 1.29 is 5.11 Å². The largest absolute Gasteiger partial charge is 0.374 e. The molecule has 3 rings (SSSR count). The Bertz CT molecular complexity index is 602. The Morgan fingerprint density at radius 1 is 0.842 bits per heavy atom. The first-order valence-corrected chi connectivity index (χ1v) is 7.84. The zero-order chi connectivity index (χ0) is 13.3. The lowest BCUT2D eigenvalue weighted by Crippen LogP contribution is -2.26. The SMILES string of the molecule is Cc1ccc(C(O)(c2cccs2)c2cccs2)cc1. The molecule has 0 fully saturated rings. The maximum atomic E-state index is 11.3. The topological polar surface area (TPSA) is 20.2 Å². The van der Waals surface area contributed by atoms with E-state index in [4.69, 9.17) is 0 Å². The van der Waals surface area contributed by atoms with Crippen molar-refractivity contribution in [3.05, 3.63) is 80.2 Å². The van der Waals surface area contributed by atoms with Crippen LogP contribution in [0.2, 0.25) is 0 Å². The van der Waals surface area contributed by atoms with Gasteiger partial charge >= 0.3 is 0 Å². The molecule has 0 aliphatic carbocycles. The molecule has 0 aliphatic rings. The fraction of sp³-hybridized carbons (Fsp3) is 0.125. The Balaban J connectivity index is 2.20.